The van der Waals surface area contributed by atoms with Crippen molar-refractivity contribution in [2.75, 3.05) is 38.7 Å². The van der Waals surface area contributed by atoms with Gasteiger partial charge in [0.2, 0.25) is 0 Å². The number of piperidine rings is 1. The first-order chi connectivity index (χ1) is 12.8. The Kier molecular flexibility index (Phi) is 7.00. The van der Waals surface area contributed by atoms with Gasteiger partial charge in [-0.2, -0.15) is 5.26 Å². The van der Waals surface area contributed by atoms with Crippen LogP contribution in [-0.4, -0.2) is 50.6 Å². The lowest BCUT2D eigenvalue weighted by atomic mass is 9.92. The Labute approximate surface area is 161 Å². The van der Waals surface area contributed by atoms with Gasteiger partial charge in [0.25, 0.3) is 5.91 Å². The van der Waals surface area contributed by atoms with E-state index in [1.807, 2.05) is 49.3 Å². The topological polar surface area (TPSA) is 73.6 Å². The molecule has 1 heterocycles. The van der Waals surface area contributed by atoms with Crippen molar-refractivity contribution >= 4 is 23.6 Å². The summed E-state index contributed by atoms with van der Waals surface area (Å²) < 4.78 is 5.09. The number of carbonyl (C=O) groups excluding carboxylic acids is 2. The van der Waals surface area contributed by atoms with Gasteiger partial charge in [0.05, 0.1) is 0 Å². The van der Waals surface area contributed by atoms with Gasteiger partial charge in [-0.25, -0.2) is 4.79 Å². The molecule has 1 fully saturated rings. The zero-order valence-electron chi connectivity index (χ0n) is 16.4. The van der Waals surface area contributed by atoms with Crippen molar-refractivity contribution in [1.82, 2.24) is 4.90 Å². The highest BCUT2D eigenvalue weighted by molar-refractivity contribution is 5.98. The predicted octanol–water partition coefficient (Wildman–Crippen LogP) is 2.71. The Morgan fingerprint density at radius 1 is 1.22 bits per heavy atom. The maximum Gasteiger partial charge on any atom is 0.349 e. The standard InChI is InChI=1S/C21H27N3O3/c1-15-9-16(2)13-24(12-15)20(25)14-27-21(26)18(11-22)10-17-5-7-19(8-6-17)23(3)4/h5-8,10,15-16H,9,12-14H2,1-4H3/b18-10-/t15-,16-/m0/s1. The molecule has 1 aliphatic heterocycles. The average molecular weight is 369 g/mol. The van der Waals surface area contributed by atoms with Crippen LogP contribution in [0, 0.1) is 23.2 Å². The second-order valence-corrected chi connectivity index (χ2v) is 7.48. The van der Waals surface area contributed by atoms with Gasteiger partial charge in [0, 0.05) is 32.9 Å². The third-order valence-electron chi connectivity index (χ3n) is 4.61. The molecule has 0 radical (unpaired) electrons. The molecule has 2 rings (SSSR count). The molecule has 1 saturated heterocycles. The number of benzene rings is 1. The minimum Gasteiger partial charge on any atom is -0.451 e. The van der Waals surface area contributed by atoms with E-state index < -0.39 is 5.97 Å². The van der Waals surface area contributed by atoms with Crippen molar-refractivity contribution < 1.29 is 14.3 Å². The molecule has 1 amide bonds. The fourth-order valence-electron chi connectivity index (χ4n) is 3.34. The highest BCUT2D eigenvalue weighted by Crippen LogP contribution is 2.21. The van der Waals surface area contributed by atoms with Gasteiger partial charge in [-0.15, -0.1) is 0 Å². The second-order valence-electron chi connectivity index (χ2n) is 7.48. The number of rotatable bonds is 5. The number of hydrogen-bond donors (Lipinski definition) is 0. The number of esters is 1. The summed E-state index contributed by atoms with van der Waals surface area (Å²) in [5, 5.41) is 9.26. The third kappa shape index (κ3) is 5.85. The first-order valence-electron chi connectivity index (χ1n) is 9.14. The van der Waals surface area contributed by atoms with Crippen LogP contribution >= 0.6 is 0 Å². The van der Waals surface area contributed by atoms with Crippen LogP contribution in [-0.2, 0) is 14.3 Å². The van der Waals surface area contributed by atoms with E-state index in [1.165, 1.54) is 6.08 Å². The summed E-state index contributed by atoms with van der Waals surface area (Å²) in [6, 6.07) is 9.29. The summed E-state index contributed by atoms with van der Waals surface area (Å²) in [5.74, 6) is -0.115. The molecule has 0 aliphatic carbocycles. The smallest absolute Gasteiger partial charge is 0.349 e. The number of carbonyl (C=O) groups is 2. The molecule has 1 aromatic carbocycles. The number of anilines is 1. The molecular formula is C21H27N3O3. The SMILES string of the molecule is C[C@H]1C[C@H](C)CN(C(=O)COC(=O)/C(C#N)=C\c2ccc(N(C)C)cc2)C1. The zero-order valence-corrected chi connectivity index (χ0v) is 16.4. The summed E-state index contributed by atoms with van der Waals surface area (Å²) >= 11 is 0. The number of nitriles is 1. The molecular weight excluding hydrogens is 342 g/mol. The number of likely N-dealkylation sites (tertiary alicyclic amines) is 1. The monoisotopic (exact) mass is 369 g/mol. The fraction of sp³-hybridized carbons (Fsp3) is 0.476. The lowest BCUT2D eigenvalue weighted by Gasteiger charge is -2.34. The number of hydrogen-bond acceptors (Lipinski definition) is 5. The van der Waals surface area contributed by atoms with Gasteiger partial charge in [-0.1, -0.05) is 26.0 Å². The average Bonchev–Trinajstić information content (AvgIpc) is 2.63. The van der Waals surface area contributed by atoms with Crippen molar-refractivity contribution in [2.24, 2.45) is 11.8 Å². The highest BCUT2D eigenvalue weighted by atomic mass is 16.5. The van der Waals surface area contributed by atoms with Gasteiger partial charge in [-0.3, -0.25) is 4.79 Å². The van der Waals surface area contributed by atoms with Crippen molar-refractivity contribution in [3.63, 3.8) is 0 Å². The first kappa shape index (κ1) is 20.5. The quantitative estimate of drug-likeness (QED) is 0.453. The van der Waals surface area contributed by atoms with Crippen LogP contribution in [0.15, 0.2) is 29.8 Å². The van der Waals surface area contributed by atoms with Gasteiger partial charge < -0.3 is 14.5 Å². The molecule has 1 aliphatic rings. The van der Waals surface area contributed by atoms with E-state index in [4.69, 9.17) is 4.74 Å². The third-order valence-corrected chi connectivity index (χ3v) is 4.61. The minimum atomic E-state index is -0.777. The highest BCUT2D eigenvalue weighted by Gasteiger charge is 2.26. The molecule has 6 nitrogen and oxygen atoms in total. The Balaban J connectivity index is 1.96. The van der Waals surface area contributed by atoms with E-state index in [2.05, 4.69) is 13.8 Å². The zero-order chi connectivity index (χ0) is 20.0. The number of nitrogens with zero attached hydrogens (tertiary/aromatic N) is 3. The predicted molar refractivity (Wildman–Crippen MR) is 105 cm³/mol. The molecule has 0 N–H and O–H groups in total. The van der Waals surface area contributed by atoms with Crippen molar-refractivity contribution in [2.45, 2.75) is 20.3 Å². The Bertz CT molecular complexity index is 737. The van der Waals surface area contributed by atoms with Crippen LogP contribution in [0.25, 0.3) is 6.08 Å². The van der Waals surface area contributed by atoms with E-state index >= 15 is 0 Å². The summed E-state index contributed by atoms with van der Waals surface area (Å²) in [6.45, 7) is 5.25. The molecule has 0 aromatic heterocycles. The molecule has 0 saturated carbocycles. The Hall–Kier alpha value is -2.81. The van der Waals surface area contributed by atoms with Crippen LogP contribution in [0.1, 0.15) is 25.8 Å². The van der Waals surface area contributed by atoms with Crippen LogP contribution in [0.2, 0.25) is 0 Å². The maximum atomic E-state index is 12.3. The van der Waals surface area contributed by atoms with Gasteiger partial charge >= 0.3 is 5.97 Å². The molecule has 27 heavy (non-hydrogen) atoms. The van der Waals surface area contributed by atoms with E-state index in [1.54, 1.807) is 4.90 Å². The molecule has 144 valence electrons. The number of amides is 1. The summed E-state index contributed by atoms with van der Waals surface area (Å²) in [7, 11) is 3.87. The van der Waals surface area contributed by atoms with Crippen molar-refractivity contribution in [3.05, 3.63) is 35.4 Å². The van der Waals surface area contributed by atoms with Crippen molar-refractivity contribution in [3.8, 4) is 6.07 Å². The van der Waals surface area contributed by atoms with Crippen LogP contribution < -0.4 is 4.90 Å². The molecule has 2 atom stereocenters. The molecule has 0 spiro atoms. The van der Waals surface area contributed by atoms with Crippen LogP contribution in [0.5, 0.6) is 0 Å². The largest absolute Gasteiger partial charge is 0.451 e. The maximum absolute atomic E-state index is 12.3. The Morgan fingerprint density at radius 2 is 1.81 bits per heavy atom. The summed E-state index contributed by atoms with van der Waals surface area (Å²) in [6.07, 6.45) is 2.56. The first-order valence-corrected chi connectivity index (χ1v) is 9.14. The lowest BCUT2D eigenvalue weighted by molar-refractivity contribution is -0.149. The van der Waals surface area contributed by atoms with E-state index in [0.29, 0.717) is 24.9 Å². The van der Waals surface area contributed by atoms with E-state index in [9.17, 15) is 14.9 Å². The van der Waals surface area contributed by atoms with Crippen molar-refractivity contribution in [1.29, 1.82) is 5.26 Å². The van der Waals surface area contributed by atoms with Crippen LogP contribution in [0.3, 0.4) is 0 Å². The summed E-state index contributed by atoms with van der Waals surface area (Å²) in [4.78, 5) is 28.2. The normalized spacial score (nSPS) is 20.0. The van der Waals surface area contributed by atoms with Crippen LogP contribution in [0.4, 0.5) is 5.69 Å². The van der Waals surface area contributed by atoms with Gasteiger partial charge in [-0.05, 0) is 42.0 Å². The summed E-state index contributed by atoms with van der Waals surface area (Å²) in [5.41, 5.74) is 1.61. The molecule has 0 bridgehead atoms. The minimum absolute atomic E-state index is 0.124. The molecule has 1 aromatic rings. The second kappa shape index (κ2) is 9.22. The molecule has 6 heteroatoms. The lowest BCUT2D eigenvalue weighted by Crippen LogP contribution is -2.44. The number of ether oxygens (including phenoxy) is 1. The fourth-order valence-corrected chi connectivity index (χ4v) is 3.34. The molecule has 0 unspecified atom stereocenters. The van der Waals surface area contributed by atoms with E-state index in [-0.39, 0.29) is 18.1 Å². The van der Waals surface area contributed by atoms with Gasteiger partial charge in [0.15, 0.2) is 6.61 Å². The van der Waals surface area contributed by atoms with Gasteiger partial charge in [0.1, 0.15) is 11.6 Å². The van der Waals surface area contributed by atoms with E-state index in [0.717, 1.165) is 17.7 Å². The Morgan fingerprint density at radius 3 is 2.33 bits per heavy atom.